The molecular formula is C32H45F4NO8. The van der Waals surface area contributed by atoms with Crippen molar-refractivity contribution in [1.82, 2.24) is 4.90 Å². The Labute approximate surface area is 261 Å². The van der Waals surface area contributed by atoms with Crippen LogP contribution in [0.15, 0.2) is 12.1 Å². The van der Waals surface area contributed by atoms with Crippen molar-refractivity contribution in [3.63, 3.8) is 0 Å². The molecule has 0 bridgehead atoms. The molecule has 1 saturated heterocycles. The van der Waals surface area contributed by atoms with Gasteiger partial charge in [-0.25, -0.2) is 18.4 Å². The molecule has 2 fully saturated rings. The van der Waals surface area contributed by atoms with Gasteiger partial charge in [-0.1, -0.05) is 0 Å². The monoisotopic (exact) mass is 647 g/mol. The molecular weight excluding hydrogens is 602 g/mol. The molecule has 2 aliphatic rings. The first-order valence-corrected chi connectivity index (χ1v) is 15.4. The number of hydrogen-bond donors (Lipinski definition) is 0. The van der Waals surface area contributed by atoms with E-state index in [1.165, 1.54) is 6.92 Å². The van der Waals surface area contributed by atoms with Gasteiger partial charge in [-0.15, -0.1) is 0 Å². The number of hydrogen-bond acceptors (Lipinski definition) is 8. The molecule has 1 aromatic rings. The van der Waals surface area contributed by atoms with E-state index in [-0.39, 0.29) is 43.2 Å². The molecule has 254 valence electrons. The van der Waals surface area contributed by atoms with Crippen molar-refractivity contribution in [3.8, 4) is 5.75 Å². The number of carbonyl (C=O) groups excluding carboxylic acids is 3. The highest BCUT2D eigenvalue weighted by atomic mass is 19.3. The highest BCUT2D eigenvalue weighted by Crippen LogP contribution is 2.42. The third kappa shape index (κ3) is 10.5. The Morgan fingerprint density at radius 3 is 2.11 bits per heavy atom. The van der Waals surface area contributed by atoms with Gasteiger partial charge < -0.3 is 28.6 Å². The van der Waals surface area contributed by atoms with E-state index in [1.807, 2.05) is 0 Å². The van der Waals surface area contributed by atoms with Crippen molar-refractivity contribution < 1.29 is 55.6 Å². The maximum absolute atomic E-state index is 14.7. The number of nitrogens with zero attached hydrogens (tertiary/aromatic N) is 1. The molecule has 45 heavy (non-hydrogen) atoms. The van der Waals surface area contributed by atoms with Crippen molar-refractivity contribution in [2.45, 2.75) is 122 Å². The van der Waals surface area contributed by atoms with Crippen LogP contribution in [0, 0.1) is 17.6 Å². The summed E-state index contributed by atoms with van der Waals surface area (Å²) >= 11 is 0. The molecule has 1 amide bonds. The zero-order valence-corrected chi connectivity index (χ0v) is 27.1. The number of likely N-dealkylation sites (tertiary alicyclic amines) is 1. The van der Waals surface area contributed by atoms with Crippen LogP contribution in [0.5, 0.6) is 5.75 Å². The maximum Gasteiger partial charge on any atom is 0.502 e. The topological polar surface area (TPSA) is 101 Å². The molecule has 0 spiro atoms. The number of carbonyl (C=O) groups is 3. The van der Waals surface area contributed by atoms with E-state index >= 15 is 0 Å². The first-order chi connectivity index (χ1) is 20.8. The van der Waals surface area contributed by atoms with Gasteiger partial charge in [-0.3, -0.25) is 4.79 Å². The Bertz CT molecular complexity index is 1200. The summed E-state index contributed by atoms with van der Waals surface area (Å²) in [5.74, 6) is -6.35. The van der Waals surface area contributed by atoms with Crippen LogP contribution in [0.1, 0.15) is 98.5 Å². The number of alkyl halides is 2. The second-order valence-corrected chi connectivity index (χ2v) is 13.5. The molecule has 1 aromatic carbocycles. The summed E-state index contributed by atoms with van der Waals surface area (Å²) in [6.45, 7) is 12.1. The fourth-order valence-electron chi connectivity index (χ4n) is 5.68. The molecule has 0 radical (unpaired) electrons. The van der Waals surface area contributed by atoms with E-state index in [0.29, 0.717) is 44.7 Å². The Hall–Kier alpha value is -3.09. The van der Waals surface area contributed by atoms with Crippen molar-refractivity contribution in [3.05, 3.63) is 29.3 Å². The van der Waals surface area contributed by atoms with Gasteiger partial charge in [0.2, 0.25) is 0 Å². The number of rotatable bonds is 10. The second kappa shape index (κ2) is 14.6. The summed E-state index contributed by atoms with van der Waals surface area (Å²) in [5.41, 5.74) is -1.49. The SMILES string of the molecule is CCOC(=O)C(F)(F)Oc1c(F)cc(F)cc1C1CCC(OC[C@H]2[C@@H](CC(=O)OC(C)(C)C)CCN2C(=O)OC(C)(C)C)CC1. The minimum Gasteiger partial charge on any atom is -0.460 e. The summed E-state index contributed by atoms with van der Waals surface area (Å²) in [4.78, 5) is 38.9. The van der Waals surface area contributed by atoms with E-state index in [2.05, 4.69) is 9.47 Å². The standard InChI is InChI=1S/C32H45F4NO8/c1-8-41-28(39)32(35,36)44-27-23(16-21(33)17-24(27)34)19-9-11-22(12-10-19)42-18-25-20(15-26(38)43-30(2,3)4)13-14-37(25)29(40)45-31(5,6)7/h16-17,19-20,22,25H,8-15,18H2,1-7H3/t19?,20-,22?,25+/m1/s1. The summed E-state index contributed by atoms with van der Waals surface area (Å²) in [5, 5.41) is 0. The number of benzene rings is 1. The minimum atomic E-state index is -4.47. The van der Waals surface area contributed by atoms with Crippen molar-refractivity contribution >= 4 is 18.0 Å². The third-order valence-electron chi connectivity index (χ3n) is 7.56. The first-order valence-electron chi connectivity index (χ1n) is 15.4. The Balaban J connectivity index is 1.69. The molecule has 9 nitrogen and oxygen atoms in total. The van der Waals surface area contributed by atoms with Crippen LogP contribution in [0.4, 0.5) is 22.4 Å². The average Bonchev–Trinajstić information content (AvgIpc) is 3.29. The number of esters is 2. The van der Waals surface area contributed by atoms with Crippen molar-refractivity contribution in [2.24, 2.45) is 5.92 Å². The van der Waals surface area contributed by atoms with Crippen LogP contribution in [0.2, 0.25) is 0 Å². The average molecular weight is 648 g/mol. The van der Waals surface area contributed by atoms with E-state index in [4.69, 9.17) is 14.2 Å². The van der Waals surface area contributed by atoms with Crippen LogP contribution in [0.3, 0.4) is 0 Å². The number of ether oxygens (including phenoxy) is 5. The van der Waals surface area contributed by atoms with Crippen molar-refractivity contribution in [1.29, 1.82) is 0 Å². The van der Waals surface area contributed by atoms with Crippen LogP contribution >= 0.6 is 0 Å². The highest BCUT2D eigenvalue weighted by molar-refractivity contribution is 5.76. The normalized spacial score (nSPS) is 22.6. The Morgan fingerprint density at radius 2 is 1.53 bits per heavy atom. The largest absolute Gasteiger partial charge is 0.502 e. The van der Waals surface area contributed by atoms with Gasteiger partial charge >= 0.3 is 24.1 Å². The molecule has 1 aliphatic carbocycles. The lowest BCUT2D eigenvalue weighted by molar-refractivity contribution is -0.217. The van der Waals surface area contributed by atoms with Gasteiger partial charge in [0.15, 0.2) is 11.6 Å². The predicted octanol–water partition coefficient (Wildman–Crippen LogP) is 6.90. The fraction of sp³-hybridized carbons (Fsp3) is 0.719. The molecule has 1 heterocycles. The Kier molecular flexibility index (Phi) is 11.8. The molecule has 2 atom stereocenters. The smallest absolute Gasteiger partial charge is 0.460 e. The van der Waals surface area contributed by atoms with Gasteiger partial charge in [0.25, 0.3) is 0 Å². The molecule has 1 saturated carbocycles. The summed E-state index contributed by atoms with van der Waals surface area (Å²) in [6.07, 6.45) is -3.11. The van der Waals surface area contributed by atoms with Gasteiger partial charge in [-0.2, -0.15) is 8.78 Å². The molecule has 0 unspecified atom stereocenters. The molecule has 1 aliphatic heterocycles. The second-order valence-electron chi connectivity index (χ2n) is 13.5. The molecule has 0 N–H and O–H groups in total. The summed E-state index contributed by atoms with van der Waals surface area (Å²) < 4.78 is 83.7. The zero-order valence-electron chi connectivity index (χ0n) is 27.1. The minimum absolute atomic E-state index is 0.0989. The summed E-state index contributed by atoms with van der Waals surface area (Å²) in [6, 6.07) is 0.900. The van der Waals surface area contributed by atoms with Crippen LogP contribution in [-0.4, -0.2) is 72.1 Å². The van der Waals surface area contributed by atoms with E-state index in [9.17, 15) is 31.9 Å². The maximum atomic E-state index is 14.7. The van der Waals surface area contributed by atoms with Crippen molar-refractivity contribution in [2.75, 3.05) is 19.8 Å². The Morgan fingerprint density at radius 1 is 0.911 bits per heavy atom. The quantitative estimate of drug-likeness (QED) is 0.154. The van der Waals surface area contributed by atoms with E-state index in [1.54, 1.807) is 46.4 Å². The van der Waals surface area contributed by atoms with Gasteiger partial charge in [-0.05, 0) is 98.5 Å². The fourth-order valence-corrected chi connectivity index (χ4v) is 5.68. The number of halogens is 4. The first kappa shape index (κ1) is 36.4. The van der Waals surface area contributed by atoms with Crippen LogP contribution < -0.4 is 4.74 Å². The zero-order chi connectivity index (χ0) is 33.7. The lowest BCUT2D eigenvalue weighted by Gasteiger charge is -2.34. The van der Waals surface area contributed by atoms with E-state index < -0.39 is 58.7 Å². The van der Waals surface area contributed by atoms with Gasteiger partial charge in [0.1, 0.15) is 17.0 Å². The third-order valence-corrected chi connectivity index (χ3v) is 7.56. The molecule has 13 heteroatoms. The summed E-state index contributed by atoms with van der Waals surface area (Å²) in [7, 11) is 0. The predicted molar refractivity (Wildman–Crippen MR) is 155 cm³/mol. The number of amides is 1. The lowest BCUT2D eigenvalue weighted by atomic mass is 9.82. The van der Waals surface area contributed by atoms with E-state index in [0.717, 1.165) is 6.07 Å². The lowest BCUT2D eigenvalue weighted by Crippen LogP contribution is -2.45. The van der Waals surface area contributed by atoms with Gasteiger partial charge in [0, 0.05) is 18.2 Å². The molecule has 3 rings (SSSR count). The van der Waals surface area contributed by atoms with Gasteiger partial charge in [0.05, 0.1) is 31.8 Å². The van der Waals surface area contributed by atoms with Crippen LogP contribution in [-0.2, 0) is 28.5 Å². The highest BCUT2D eigenvalue weighted by Gasteiger charge is 2.46. The molecule has 0 aromatic heterocycles. The van der Waals surface area contributed by atoms with Crippen LogP contribution in [0.25, 0.3) is 0 Å².